The molecule has 10 heavy (non-hydrogen) atoms. The average molecular weight is 142 g/mol. The summed E-state index contributed by atoms with van der Waals surface area (Å²) in [6.07, 6.45) is 2.44. The van der Waals surface area contributed by atoms with Crippen molar-refractivity contribution in [2.75, 3.05) is 0 Å². The number of amides is 1. The summed E-state index contributed by atoms with van der Waals surface area (Å²) in [5.41, 5.74) is 5.19. The summed E-state index contributed by atoms with van der Waals surface area (Å²) in [6, 6.07) is 0. The monoisotopic (exact) mass is 142 g/mol. The molecule has 0 aromatic heterocycles. The van der Waals surface area contributed by atoms with Gasteiger partial charge in [0.05, 0.1) is 5.84 Å². The second-order valence-corrected chi connectivity index (χ2v) is 2.25. The van der Waals surface area contributed by atoms with Crippen molar-refractivity contribution >= 4 is 11.7 Å². The lowest BCUT2D eigenvalue weighted by atomic mass is 10.2. The van der Waals surface area contributed by atoms with Crippen LogP contribution < -0.4 is 5.73 Å². The van der Waals surface area contributed by atoms with Crippen molar-refractivity contribution in [3.63, 3.8) is 0 Å². The maximum atomic E-state index is 10.7. The molecule has 0 rings (SSSR count). The van der Waals surface area contributed by atoms with Gasteiger partial charge in [0.15, 0.2) is 0 Å². The Balaban J connectivity index is 3.54. The molecule has 0 aromatic carbocycles. The quantitative estimate of drug-likeness (QED) is 0.473. The fraction of sp³-hybridized carbons (Fsp3) is 0.714. The molecule has 0 bridgehead atoms. The zero-order chi connectivity index (χ0) is 7.98. The number of aliphatic imine (C=N–C) groups is 1. The predicted molar refractivity (Wildman–Crippen MR) is 41.8 cm³/mol. The van der Waals surface area contributed by atoms with E-state index in [0.717, 1.165) is 12.8 Å². The van der Waals surface area contributed by atoms with Gasteiger partial charge >= 0.3 is 0 Å². The van der Waals surface area contributed by atoms with E-state index < -0.39 is 0 Å². The Morgan fingerprint density at radius 1 is 1.60 bits per heavy atom. The van der Waals surface area contributed by atoms with Gasteiger partial charge in [-0.25, -0.2) is 4.99 Å². The first-order chi connectivity index (χ1) is 4.66. The van der Waals surface area contributed by atoms with Crippen LogP contribution in [0.4, 0.5) is 0 Å². The van der Waals surface area contributed by atoms with Gasteiger partial charge in [-0.2, -0.15) is 0 Å². The Hall–Kier alpha value is -0.860. The van der Waals surface area contributed by atoms with Gasteiger partial charge in [-0.1, -0.05) is 13.3 Å². The van der Waals surface area contributed by atoms with Crippen molar-refractivity contribution in [3.8, 4) is 0 Å². The van der Waals surface area contributed by atoms with Crippen LogP contribution in [0.25, 0.3) is 0 Å². The van der Waals surface area contributed by atoms with Gasteiger partial charge in [0, 0.05) is 6.42 Å². The van der Waals surface area contributed by atoms with Gasteiger partial charge in [0.1, 0.15) is 0 Å². The Morgan fingerprint density at radius 3 is 2.60 bits per heavy atom. The molecule has 2 N–H and O–H groups in total. The third-order valence-electron chi connectivity index (χ3n) is 1.05. The molecule has 0 aliphatic rings. The van der Waals surface area contributed by atoms with E-state index in [1.54, 1.807) is 6.92 Å². The third-order valence-corrected chi connectivity index (χ3v) is 1.05. The highest BCUT2D eigenvalue weighted by atomic mass is 16.1. The minimum absolute atomic E-state index is 0.109. The van der Waals surface area contributed by atoms with Crippen LogP contribution in [-0.2, 0) is 4.79 Å². The molecule has 0 saturated heterocycles. The molecule has 58 valence electrons. The highest BCUT2D eigenvalue weighted by Gasteiger charge is 1.95. The molecule has 1 amide bonds. The van der Waals surface area contributed by atoms with Crippen molar-refractivity contribution in [1.82, 2.24) is 0 Å². The zero-order valence-corrected chi connectivity index (χ0v) is 6.55. The molecule has 0 unspecified atom stereocenters. The number of carbonyl (C=O) groups is 1. The summed E-state index contributed by atoms with van der Waals surface area (Å²) in [5.74, 6) is 0.239. The molecular formula is C7H14N2O. The molecule has 0 fully saturated rings. The number of nitrogens with two attached hydrogens (primary N) is 1. The van der Waals surface area contributed by atoms with Crippen molar-refractivity contribution in [2.24, 2.45) is 10.7 Å². The zero-order valence-electron chi connectivity index (χ0n) is 6.55. The van der Waals surface area contributed by atoms with E-state index >= 15 is 0 Å². The first-order valence-electron chi connectivity index (χ1n) is 3.50. The van der Waals surface area contributed by atoms with Crippen LogP contribution in [0, 0.1) is 0 Å². The summed E-state index contributed by atoms with van der Waals surface area (Å²) in [7, 11) is 0. The van der Waals surface area contributed by atoms with Crippen molar-refractivity contribution in [3.05, 3.63) is 0 Å². The standard InChI is InChI=1S/C7H14N2O/c1-3-4-5-7(10)9-6(2)8/h3-5H2,1-2H3,(H2,8,9,10). The smallest absolute Gasteiger partial charge is 0.247 e. The number of nitrogens with zero attached hydrogens (tertiary/aromatic N) is 1. The Morgan fingerprint density at radius 2 is 2.20 bits per heavy atom. The van der Waals surface area contributed by atoms with Crippen LogP contribution in [0.1, 0.15) is 33.1 Å². The van der Waals surface area contributed by atoms with E-state index in [-0.39, 0.29) is 5.91 Å². The predicted octanol–water partition coefficient (Wildman–Crippen LogP) is 1.08. The van der Waals surface area contributed by atoms with Crippen molar-refractivity contribution in [1.29, 1.82) is 0 Å². The molecule has 0 saturated carbocycles. The Kier molecular flexibility index (Phi) is 4.54. The number of hydrogen-bond acceptors (Lipinski definition) is 1. The SMILES string of the molecule is CCCCC(=O)N=C(C)N. The number of amidine groups is 1. The van der Waals surface area contributed by atoms with E-state index in [2.05, 4.69) is 4.99 Å². The van der Waals surface area contributed by atoms with E-state index in [1.807, 2.05) is 6.92 Å². The molecule has 0 atom stereocenters. The first kappa shape index (κ1) is 9.14. The average Bonchev–Trinajstić information content (AvgIpc) is 1.82. The van der Waals surface area contributed by atoms with Crippen LogP contribution in [0.3, 0.4) is 0 Å². The van der Waals surface area contributed by atoms with Crippen LogP contribution >= 0.6 is 0 Å². The molecule has 0 aliphatic heterocycles. The van der Waals surface area contributed by atoms with Gasteiger partial charge in [-0.3, -0.25) is 4.79 Å². The molecule has 0 spiro atoms. The van der Waals surface area contributed by atoms with Crippen LogP contribution in [0.5, 0.6) is 0 Å². The maximum absolute atomic E-state index is 10.7. The lowest BCUT2D eigenvalue weighted by molar-refractivity contribution is -0.117. The van der Waals surface area contributed by atoms with E-state index in [0.29, 0.717) is 12.3 Å². The Bertz CT molecular complexity index is 137. The summed E-state index contributed by atoms with van der Waals surface area (Å²) < 4.78 is 0. The van der Waals surface area contributed by atoms with E-state index in [9.17, 15) is 4.79 Å². The summed E-state index contributed by atoms with van der Waals surface area (Å²) in [5, 5.41) is 0. The highest BCUT2D eigenvalue weighted by Crippen LogP contribution is 1.95. The van der Waals surface area contributed by atoms with Crippen LogP contribution in [-0.4, -0.2) is 11.7 Å². The largest absolute Gasteiger partial charge is 0.387 e. The highest BCUT2D eigenvalue weighted by molar-refractivity contribution is 5.92. The molecule has 0 heterocycles. The molecule has 0 radical (unpaired) electrons. The topological polar surface area (TPSA) is 55.5 Å². The summed E-state index contributed by atoms with van der Waals surface area (Å²) in [4.78, 5) is 14.3. The van der Waals surface area contributed by atoms with Gasteiger partial charge in [-0.15, -0.1) is 0 Å². The molecule has 3 nitrogen and oxygen atoms in total. The van der Waals surface area contributed by atoms with E-state index in [1.165, 1.54) is 0 Å². The van der Waals surface area contributed by atoms with Gasteiger partial charge in [0.25, 0.3) is 0 Å². The molecule has 0 aliphatic carbocycles. The van der Waals surface area contributed by atoms with E-state index in [4.69, 9.17) is 5.73 Å². The second kappa shape index (κ2) is 4.97. The number of carbonyl (C=O) groups excluding carboxylic acids is 1. The summed E-state index contributed by atoms with van der Waals surface area (Å²) >= 11 is 0. The number of rotatable bonds is 3. The number of unbranched alkanes of at least 4 members (excludes halogenated alkanes) is 1. The minimum Gasteiger partial charge on any atom is -0.387 e. The van der Waals surface area contributed by atoms with Gasteiger partial charge < -0.3 is 5.73 Å². The van der Waals surface area contributed by atoms with Crippen molar-refractivity contribution in [2.45, 2.75) is 33.1 Å². The van der Waals surface area contributed by atoms with Crippen LogP contribution in [0.15, 0.2) is 4.99 Å². The van der Waals surface area contributed by atoms with Gasteiger partial charge in [0.2, 0.25) is 5.91 Å². The lowest BCUT2D eigenvalue weighted by Crippen LogP contribution is -2.08. The fourth-order valence-electron chi connectivity index (χ4n) is 0.581. The maximum Gasteiger partial charge on any atom is 0.247 e. The fourth-order valence-corrected chi connectivity index (χ4v) is 0.581. The lowest BCUT2D eigenvalue weighted by Gasteiger charge is -1.91. The minimum atomic E-state index is -0.109. The number of hydrogen-bond donors (Lipinski definition) is 1. The summed E-state index contributed by atoms with van der Waals surface area (Å²) in [6.45, 7) is 3.65. The molecule has 0 aromatic rings. The normalized spacial score (nSPS) is 11.6. The second-order valence-electron chi connectivity index (χ2n) is 2.25. The van der Waals surface area contributed by atoms with Gasteiger partial charge in [-0.05, 0) is 13.3 Å². The third kappa shape index (κ3) is 5.28. The molecular weight excluding hydrogens is 128 g/mol. The first-order valence-corrected chi connectivity index (χ1v) is 3.50. The Labute approximate surface area is 61.3 Å². The van der Waals surface area contributed by atoms with Crippen LogP contribution in [0.2, 0.25) is 0 Å². The molecule has 3 heteroatoms. The van der Waals surface area contributed by atoms with Crippen molar-refractivity contribution < 1.29 is 4.79 Å².